The van der Waals surface area contributed by atoms with Crippen molar-refractivity contribution < 1.29 is 0 Å². The molecule has 30 heteroatoms. The van der Waals surface area contributed by atoms with E-state index in [1.165, 1.54) is 387 Å². The van der Waals surface area contributed by atoms with Crippen molar-refractivity contribution in [2.45, 2.75) is 330 Å². The maximum atomic E-state index is 2.34. The highest BCUT2D eigenvalue weighted by Crippen LogP contribution is 2.37. The van der Waals surface area contributed by atoms with E-state index in [2.05, 4.69) is 34.6 Å². The summed E-state index contributed by atoms with van der Waals surface area (Å²) in [6.07, 6.45) is 23.4. The molecule has 4 rings (SSSR count). The Labute approximate surface area is 632 Å². The number of rotatable bonds is 22. The average molecular weight is 1690 g/mol. The Morgan fingerprint density at radius 3 is 0.753 bits per heavy atom. The molecule has 0 spiro atoms. The standard InChI is InChI=1S/C8H28Si5.2C6H16Si2.C5H20Si4.2C5H14Si2.C4H16Si3.2C4H14Si2.2C3H12Si2.C2H10Si2/c9-1-5-13(6-2-10,7-3-11)8-4-12;7-5-2-1-3-6(8)4-5;7-5-3-1-2-4-6(5)8;6-1-5(2-7,3-8)4-9;6-4-1-2-5(7)3-4;6-4-2-1-3-5(4)7;5-1-3-7-4-2-6;1-4(2,6)3-5;1-3(5)4(2)6;1-3(5)2-4;4-2-1-3-5;3-1-2-4/h1-8H2,9-12H3;2*5-6H,1-4H2,7-8H3;1-4H2,6-9H3;2*4-5H,1-3H2,6-7H3;1-4,7H2,5-6H3;3H2,1-2,5-6H3;3-4H,1-2,5-6H3;3H,2H2,1,4-5H3;1-3H2,4-5H3;1-2H2,3-4H3. The molecule has 4 aliphatic rings. The van der Waals surface area contributed by atoms with E-state index in [4.69, 9.17) is 0 Å². The van der Waals surface area contributed by atoms with E-state index >= 15 is 0 Å². The van der Waals surface area contributed by atoms with E-state index in [0.717, 1.165) is 27.1 Å². The third-order valence-corrected chi connectivity index (χ3v) is 77.1. The first-order chi connectivity index (χ1) is 39.9. The van der Waals surface area contributed by atoms with Gasteiger partial charge in [-0.25, -0.2) is 0 Å². The predicted octanol–water partition coefficient (Wildman–Crippen LogP) is -12.0. The van der Waals surface area contributed by atoms with Crippen LogP contribution < -0.4 is 0 Å². The lowest BCUT2D eigenvalue weighted by Crippen LogP contribution is -2.33. The fraction of sp³-hybridized carbons (Fsp3) is 1.00. The Morgan fingerprint density at radius 2 is 0.635 bits per heavy atom. The highest BCUT2D eigenvalue weighted by molar-refractivity contribution is 6.81. The summed E-state index contributed by atoms with van der Waals surface area (Å²) in [5.41, 5.74) is 13.7. The normalized spacial score (nSPS) is 24.5. The van der Waals surface area contributed by atoms with Gasteiger partial charge in [0.2, 0.25) is 0 Å². The zero-order chi connectivity index (χ0) is 67.7. The molecule has 4 fully saturated rings. The molecule has 4 saturated carbocycles. The van der Waals surface area contributed by atoms with E-state index in [0.29, 0.717) is 9.52 Å². The van der Waals surface area contributed by atoms with Crippen LogP contribution in [0.15, 0.2) is 0 Å². The van der Waals surface area contributed by atoms with Gasteiger partial charge in [0.25, 0.3) is 0 Å². The summed E-state index contributed by atoms with van der Waals surface area (Å²) in [6, 6.07) is 35.1. The van der Waals surface area contributed by atoms with Crippen LogP contribution in [0.3, 0.4) is 0 Å². The van der Waals surface area contributed by atoms with Gasteiger partial charge in [0.1, 0.15) is 0 Å². The van der Waals surface area contributed by atoms with E-state index in [-0.39, 0.29) is 0 Å². The van der Waals surface area contributed by atoms with Crippen LogP contribution in [0.2, 0.25) is 199 Å². The lowest BCUT2D eigenvalue weighted by atomic mass is 9.98. The molecule has 0 N–H and O–H groups in total. The van der Waals surface area contributed by atoms with Crippen molar-refractivity contribution in [1.29, 1.82) is 0 Å². The lowest BCUT2D eigenvalue weighted by Gasteiger charge is -2.31. The van der Waals surface area contributed by atoms with Crippen molar-refractivity contribution in [2.75, 3.05) is 0 Å². The minimum atomic E-state index is -0.657. The highest BCUT2D eigenvalue weighted by atomic mass is 28.3. The van der Waals surface area contributed by atoms with E-state index in [9.17, 15) is 0 Å². The molecule has 0 saturated heterocycles. The van der Waals surface area contributed by atoms with Gasteiger partial charge in [0.05, 0.1) is 8.07 Å². The topological polar surface area (TPSA) is 0 Å². The first-order valence-electron chi connectivity index (χ1n) is 39.9. The minimum absolute atomic E-state index is 0.481. The molecule has 0 bridgehead atoms. The molecule has 4 aliphatic carbocycles. The number of hydrogen-bond donors (Lipinski definition) is 0. The molecule has 85 heavy (non-hydrogen) atoms. The Hall–Kier alpha value is 6.51. The summed E-state index contributed by atoms with van der Waals surface area (Å²) in [5, 5.41) is 0.742. The molecule has 0 radical (unpaired) electrons. The van der Waals surface area contributed by atoms with Crippen LogP contribution in [0.4, 0.5) is 0 Å². The zero-order valence-electron chi connectivity index (χ0n) is 67.7. The van der Waals surface area contributed by atoms with Gasteiger partial charge in [-0.1, -0.05) is 330 Å². The lowest BCUT2D eigenvalue weighted by molar-refractivity contribution is 0.469. The predicted molar refractivity (Wildman–Crippen MR) is 542 cm³/mol. The fourth-order valence-corrected chi connectivity index (χ4v) is 58.7. The van der Waals surface area contributed by atoms with Crippen LogP contribution in [-0.4, -0.2) is 304 Å². The first kappa shape index (κ1) is 107. The van der Waals surface area contributed by atoms with Crippen molar-refractivity contribution in [3.05, 3.63) is 0 Å². The summed E-state index contributed by atoms with van der Waals surface area (Å²) >= 11 is 0. The minimum Gasteiger partial charge on any atom is -0.0689 e. The van der Waals surface area contributed by atoms with Gasteiger partial charge >= 0.3 is 0 Å². The summed E-state index contributed by atoms with van der Waals surface area (Å²) in [7, 11) is 40.1. The van der Waals surface area contributed by atoms with Gasteiger partial charge in [-0.3, -0.25) is 0 Å². The fourth-order valence-electron chi connectivity index (χ4n) is 11.5. The van der Waals surface area contributed by atoms with Crippen molar-refractivity contribution in [3.63, 3.8) is 0 Å². The molecule has 0 amide bonds. The second-order valence-corrected chi connectivity index (χ2v) is 73.8. The first-order valence-corrected chi connectivity index (χ1v) is 81.0. The van der Waals surface area contributed by atoms with Gasteiger partial charge in [-0.15, -0.1) is 0 Å². The monoisotopic (exact) mass is 1690 g/mol. The second-order valence-electron chi connectivity index (χ2n) is 31.6. The molecular formula is C55H186Si30. The smallest absolute Gasteiger partial charge is 0.0523 e. The maximum Gasteiger partial charge on any atom is 0.0523 e. The number of hydrogen-bond acceptors (Lipinski definition) is 0. The summed E-state index contributed by atoms with van der Waals surface area (Å²) in [5.74, 6) is 0. The van der Waals surface area contributed by atoms with Crippen LogP contribution in [-0.2, 0) is 0 Å². The molecule has 11 unspecified atom stereocenters. The Morgan fingerprint density at radius 1 is 0.376 bits per heavy atom. The van der Waals surface area contributed by atoms with E-state index in [1.54, 1.807) is 174 Å². The summed E-state index contributed by atoms with van der Waals surface area (Å²) < 4.78 is 0. The van der Waals surface area contributed by atoms with Gasteiger partial charge in [0, 0.05) is 296 Å². The summed E-state index contributed by atoms with van der Waals surface area (Å²) in [6.45, 7) is 11.7. The summed E-state index contributed by atoms with van der Waals surface area (Å²) in [4.78, 5) is 0. The van der Waals surface area contributed by atoms with Crippen molar-refractivity contribution in [3.8, 4) is 0 Å². The highest BCUT2D eigenvalue weighted by Gasteiger charge is 2.28. The molecule has 0 aromatic heterocycles. The largest absolute Gasteiger partial charge is 0.0689 e. The van der Waals surface area contributed by atoms with Crippen LogP contribution in [0.25, 0.3) is 0 Å². The SMILES string of the molecule is CC(C)([SiH3])C[SiH3].CC([SiH3])C(C)[SiH3].CC([SiH3])C[SiH3].[SiH3]C1CCC([SiH3])C1.[SiH3]C1CCCC([SiH3])C1.[SiH3]C1CCCC1[SiH3].[SiH3]C1CCCCC1[SiH3].[SiH3]CC(C[SiH3])(C[SiH3])C[SiH3].[SiH3]CCC[SiH3].[SiH3]CC[SiH2]CC[SiH3].[SiH3]CC[SiH3].[SiH3]CC[Si](CC[SiH3])(CC[SiH3])CC[SiH3]. The van der Waals surface area contributed by atoms with Crippen molar-refractivity contribution >= 4 is 304 Å². The maximum absolute atomic E-state index is 2.34. The van der Waals surface area contributed by atoms with Gasteiger partial charge < -0.3 is 0 Å². The zero-order valence-corrected chi connectivity index (χ0v) is 126. The van der Waals surface area contributed by atoms with Crippen LogP contribution in [0.1, 0.15) is 131 Å². The van der Waals surface area contributed by atoms with Crippen LogP contribution in [0.5, 0.6) is 0 Å². The van der Waals surface area contributed by atoms with Gasteiger partial charge in [0.15, 0.2) is 0 Å². The third kappa shape index (κ3) is 86.6. The molecule has 0 nitrogen and oxygen atoms in total. The Bertz CT molecular complexity index is 1110. The molecule has 0 heterocycles. The quantitative estimate of drug-likeness (QED) is 0.0749. The van der Waals surface area contributed by atoms with Crippen LogP contribution in [0, 0.1) is 5.41 Å². The molecular weight excluding hydrogens is 1500 g/mol. The Kier molecular flexibility index (Phi) is 101. The van der Waals surface area contributed by atoms with Gasteiger partial charge in [-0.05, 0) is 5.41 Å². The van der Waals surface area contributed by atoms with Crippen molar-refractivity contribution in [1.82, 2.24) is 0 Å². The molecule has 0 aromatic carbocycles. The molecule has 0 aliphatic heterocycles. The van der Waals surface area contributed by atoms with E-state index < -0.39 is 8.07 Å². The molecule has 11 atom stereocenters. The Balaban J connectivity index is -0.000000128. The van der Waals surface area contributed by atoms with Gasteiger partial charge in [-0.2, -0.15) is 0 Å². The van der Waals surface area contributed by atoms with Crippen molar-refractivity contribution in [2.24, 2.45) is 5.41 Å². The van der Waals surface area contributed by atoms with Crippen LogP contribution >= 0.6 is 0 Å². The molecule has 526 valence electrons. The molecule has 0 aromatic rings. The average Bonchev–Trinajstić information content (AvgIpc) is 4.09. The van der Waals surface area contributed by atoms with E-state index in [1.807, 2.05) is 0 Å². The second kappa shape index (κ2) is 79.5. The third-order valence-electron chi connectivity index (χ3n) is 20.7.